The number of anilines is 1. The van der Waals surface area contributed by atoms with Gasteiger partial charge in [0.2, 0.25) is 0 Å². The molecule has 2 aromatic carbocycles. The standard InChI is InChI=1S/C17H13ClN2OS2/c1-10-19-16(9-23-10)14-8-12(4-7-15(14)18)20-17(21)11-2-5-13(22)6-3-11/h2-9,22H,1H3,(H,20,21). The van der Waals surface area contributed by atoms with Crippen LogP contribution in [0.5, 0.6) is 0 Å². The third-order valence-corrected chi connectivity index (χ3v) is 4.65. The van der Waals surface area contributed by atoms with Crippen molar-refractivity contribution in [2.24, 2.45) is 0 Å². The van der Waals surface area contributed by atoms with Gasteiger partial charge in [-0.05, 0) is 49.4 Å². The highest BCUT2D eigenvalue weighted by molar-refractivity contribution is 7.80. The Kier molecular flexibility index (Phi) is 4.71. The monoisotopic (exact) mass is 360 g/mol. The van der Waals surface area contributed by atoms with Crippen molar-refractivity contribution < 1.29 is 4.79 Å². The van der Waals surface area contributed by atoms with Crippen LogP contribution in [-0.4, -0.2) is 10.9 Å². The number of rotatable bonds is 3. The van der Waals surface area contributed by atoms with Crippen LogP contribution < -0.4 is 5.32 Å². The van der Waals surface area contributed by atoms with Crippen LogP contribution in [0.3, 0.4) is 0 Å². The van der Waals surface area contributed by atoms with E-state index >= 15 is 0 Å². The number of amides is 1. The SMILES string of the molecule is Cc1nc(-c2cc(NC(=O)c3ccc(S)cc3)ccc2Cl)cs1. The Balaban J connectivity index is 1.86. The summed E-state index contributed by atoms with van der Waals surface area (Å²) in [5.41, 5.74) is 2.87. The van der Waals surface area contributed by atoms with Crippen molar-refractivity contribution in [1.82, 2.24) is 4.98 Å². The number of carbonyl (C=O) groups is 1. The molecule has 0 spiro atoms. The van der Waals surface area contributed by atoms with E-state index in [9.17, 15) is 4.79 Å². The van der Waals surface area contributed by atoms with Crippen LogP contribution >= 0.6 is 35.6 Å². The van der Waals surface area contributed by atoms with Crippen LogP contribution in [0.4, 0.5) is 5.69 Å². The molecule has 0 radical (unpaired) electrons. The van der Waals surface area contributed by atoms with Gasteiger partial charge < -0.3 is 5.32 Å². The summed E-state index contributed by atoms with van der Waals surface area (Å²) in [6.07, 6.45) is 0. The minimum absolute atomic E-state index is 0.180. The van der Waals surface area contributed by atoms with E-state index in [1.165, 1.54) is 0 Å². The van der Waals surface area contributed by atoms with E-state index < -0.39 is 0 Å². The Morgan fingerprint density at radius 2 is 1.96 bits per heavy atom. The lowest BCUT2D eigenvalue weighted by atomic mass is 10.1. The molecule has 23 heavy (non-hydrogen) atoms. The highest BCUT2D eigenvalue weighted by Crippen LogP contribution is 2.31. The molecule has 3 rings (SSSR count). The molecular weight excluding hydrogens is 348 g/mol. The summed E-state index contributed by atoms with van der Waals surface area (Å²) in [4.78, 5) is 17.5. The fourth-order valence-corrected chi connectivity index (χ4v) is 3.08. The third-order valence-electron chi connectivity index (χ3n) is 3.25. The lowest BCUT2D eigenvalue weighted by Gasteiger charge is -2.08. The number of benzene rings is 2. The first kappa shape index (κ1) is 16.1. The largest absolute Gasteiger partial charge is 0.322 e. The van der Waals surface area contributed by atoms with Gasteiger partial charge >= 0.3 is 0 Å². The second kappa shape index (κ2) is 6.74. The minimum Gasteiger partial charge on any atom is -0.322 e. The number of hydrogen-bond acceptors (Lipinski definition) is 4. The Morgan fingerprint density at radius 3 is 2.61 bits per heavy atom. The minimum atomic E-state index is -0.180. The average Bonchev–Trinajstić information content (AvgIpc) is 2.96. The molecule has 0 unspecified atom stereocenters. The summed E-state index contributed by atoms with van der Waals surface area (Å²) in [7, 11) is 0. The molecule has 1 N–H and O–H groups in total. The molecule has 0 bridgehead atoms. The second-order valence-electron chi connectivity index (χ2n) is 4.95. The first-order chi connectivity index (χ1) is 11.0. The van der Waals surface area contributed by atoms with Gasteiger partial charge in [-0.2, -0.15) is 0 Å². The molecule has 0 atom stereocenters. The van der Waals surface area contributed by atoms with Gasteiger partial charge in [0.25, 0.3) is 5.91 Å². The van der Waals surface area contributed by atoms with Crippen molar-refractivity contribution in [2.45, 2.75) is 11.8 Å². The quantitative estimate of drug-likeness (QED) is 0.621. The number of nitrogens with one attached hydrogen (secondary N) is 1. The van der Waals surface area contributed by atoms with Gasteiger partial charge in [-0.3, -0.25) is 4.79 Å². The molecule has 0 aliphatic carbocycles. The van der Waals surface area contributed by atoms with Gasteiger partial charge in [-0.25, -0.2) is 4.98 Å². The normalized spacial score (nSPS) is 10.6. The van der Waals surface area contributed by atoms with E-state index in [1.807, 2.05) is 18.4 Å². The highest BCUT2D eigenvalue weighted by atomic mass is 35.5. The molecular formula is C17H13ClN2OS2. The fourth-order valence-electron chi connectivity index (χ4n) is 2.10. The van der Waals surface area contributed by atoms with Crippen molar-refractivity contribution in [1.29, 1.82) is 0 Å². The van der Waals surface area contributed by atoms with Crippen LogP contribution in [0.2, 0.25) is 5.02 Å². The molecule has 0 aliphatic heterocycles. The highest BCUT2D eigenvalue weighted by Gasteiger charge is 2.11. The van der Waals surface area contributed by atoms with Crippen LogP contribution in [0, 0.1) is 6.92 Å². The van der Waals surface area contributed by atoms with Crippen molar-refractivity contribution in [2.75, 3.05) is 5.32 Å². The Bertz CT molecular complexity index is 859. The lowest BCUT2D eigenvalue weighted by Crippen LogP contribution is -2.11. The molecule has 3 nitrogen and oxygen atoms in total. The number of nitrogens with zero attached hydrogens (tertiary/aromatic N) is 1. The van der Waals surface area contributed by atoms with E-state index in [0.717, 1.165) is 21.2 Å². The topological polar surface area (TPSA) is 42.0 Å². The number of carbonyl (C=O) groups excluding carboxylic acids is 1. The number of aromatic nitrogens is 1. The first-order valence-corrected chi connectivity index (χ1v) is 8.56. The number of thiol groups is 1. The van der Waals surface area contributed by atoms with E-state index in [-0.39, 0.29) is 5.91 Å². The number of aryl methyl sites for hydroxylation is 1. The number of halogens is 1. The predicted molar refractivity (Wildman–Crippen MR) is 98.9 cm³/mol. The first-order valence-electron chi connectivity index (χ1n) is 6.85. The summed E-state index contributed by atoms with van der Waals surface area (Å²) in [6.45, 7) is 1.94. The lowest BCUT2D eigenvalue weighted by molar-refractivity contribution is 0.102. The Labute approximate surface area is 148 Å². The summed E-state index contributed by atoms with van der Waals surface area (Å²) in [5.74, 6) is -0.180. The molecule has 3 aromatic rings. The van der Waals surface area contributed by atoms with Crippen molar-refractivity contribution >= 4 is 47.2 Å². The maximum absolute atomic E-state index is 12.3. The zero-order chi connectivity index (χ0) is 16.4. The summed E-state index contributed by atoms with van der Waals surface area (Å²) < 4.78 is 0. The van der Waals surface area contributed by atoms with Gasteiger partial charge in [0.1, 0.15) is 0 Å². The van der Waals surface area contributed by atoms with Crippen molar-refractivity contribution in [3.63, 3.8) is 0 Å². The molecule has 1 heterocycles. The summed E-state index contributed by atoms with van der Waals surface area (Å²) in [5, 5.41) is 6.40. The molecule has 1 amide bonds. The van der Waals surface area contributed by atoms with E-state index in [1.54, 1.807) is 47.7 Å². The average molecular weight is 361 g/mol. The molecule has 116 valence electrons. The van der Waals surface area contributed by atoms with Gasteiger partial charge in [0.05, 0.1) is 15.7 Å². The van der Waals surface area contributed by atoms with Crippen LogP contribution in [0.1, 0.15) is 15.4 Å². The third kappa shape index (κ3) is 3.75. The zero-order valence-corrected chi connectivity index (χ0v) is 14.7. The van der Waals surface area contributed by atoms with Crippen LogP contribution in [0.15, 0.2) is 52.7 Å². The van der Waals surface area contributed by atoms with Crippen molar-refractivity contribution in [3.05, 3.63) is 63.4 Å². The smallest absolute Gasteiger partial charge is 0.255 e. The van der Waals surface area contributed by atoms with Gasteiger partial charge in [-0.1, -0.05) is 11.6 Å². The molecule has 0 fully saturated rings. The zero-order valence-electron chi connectivity index (χ0n) is 12.2. The van der Waals surface area contributed by atoms with E-state index in [4.69, 9.17) is 11.6 Å². The molecule has 6 heteroatoms. The second-order valence-corrected chi connectivity index (χ2v) is 6.93. The Morgan fingerprint density at radius 1 is 1.22 bits per heavy atom. The maximum Gasteiger partial charge on any atom is 0.255 e. The van der Waals surface area contributed by atoms with Gasteiger partial charge in [0.15, 0.2) is 0 Å². The molecule has 0 aliphatic rings. The summed E-state index contributed by atoms with van der Waals surface area (Å²) in [6, 6.07) is 12.4. The van der Waals surface area contributed by atoms with Gasteiger partial charge in [-0.15, -0.1) is 24.0 Å². The van der Waals surface area contributed by atoms with Crippen LogP contribution in [-0.2, 0) is 0 Å². The number of hydrogen-bond donors (Lipinski definition) is 2. The van der Waals surface area contributed by atoms with Gasteiger partial charge in [0, 0.05) is 27.1 Å². The Hall–Kier alpha value is -1.82. The maximum atomic E-state index is 12.3. The molecule has 0 saturated carbocycles. The van der Waals surface area contributed by atoms with E-state index in [0.29, 0.717) is 16.3 Å². The summed E-state index contributed by atoms with van der Waals surface area (Å²) >= 11 is 12.0. The molecule has 1 aromatic heterocycles. The van der Waals surface area contributed by atoms with Crippen molar-refractivity contribution in [3.8, 4) is 11.3 Å². The number of thiazole rings is 1. The fraction of sp³-hybridized carbons (Fsp3) is 0.0588. The molecule has 0 saturated heterocycles. The van der Waals surface area contributed by atoms with E-state index in [2.05, 4.69) is 22.9 Å². The predicted octanol–water partition coefficient (Wildman–Crippen LogP) is 5.31. The van der Waals surface area contributed by atoms with Crippen LogP contribution in [0.25, 0.3) is 11.3 Å².